The van der Waals surface area contributed by atoms with Crippen molar-refractivity contribution in [2.45, 2.75) is 31.7 Å². The van der Waals surface area contributed by atoms with Crippen molar-refractivity contribution >= 4 is 5.78 Å². The second-order valence-corrected chi connectivity index (χ2v) is 7.92. The Balaban J connectivity index is 1.36. The Morgan fingerprint density at radius 1 is 0.870 bits per heavy atom. The lowest BCUT2D eigenvalue weighted by Gasteiger charge is -2.41. The van der Waals surface area contributed by atoms with Crippen molar-refractivity contribution in [2.24, 2.45) is 5.92 Å². The van der Waals surface area contributed by atoms with Crippen LogP contribution in [0.4, 0.5) is 0 Å². The summed E-state index contributed by atoms with van der Waals surface area (Å²) in [6, 6.07) is 0.197. The fraction of sp³-hybridized carbons (Fsp3) is 0.944. The average Bonchev–Trinajstić information content (AvgIpc) is 2.55. The highest BCUT2D eigenvalue weighted by Crippen LogP contribution is 2.21. The van der Waals surface area contributed by atoms with E-state index in [-0.39, 0.29) is 6.04 Å². The van der Waals surface area contributed by atoms with E-state index in [4.69, 9.17) is 0 Å². The third kappa shape index (κ3) is 4.75. The van der Waals surface area contributed by atoms with Crippen molar-refractivity contribution in [2.75, 3.05) is 73.0 Å². The fourth-order valence-electron chi connectivity index (χ4n) is 4.35. The molecule has 3 saturated heterocycles. The van der Waals surface area contributed by atoms with E-state index in [1.165, 1.54) is 38.9 Å². The van der Waals surface area contributed by atoms with Crippen molar-refractivity contribution in [3.63, 3.8) is 0 Å². The summed E-state index contributed by atoms with van der Waals surface area (Å²) in [5.74, 6) is 1.36. The third-order valence-electron chi connectivity index (χ3n) is 6.12. The molecule has 3 aliphatic rings. The zero-order chi connectivity index (χ0) is 16.2. The first-order valence-electron chi connectivity index (χ1n) is 9.48. The Hall–Kier alpha value is -0.490. The molecule has 3 heterocycles. The number of likely N-dealkylation sites (tertiary alicyclic amines) is 2. The standard InChI is InChI=1S/C18H34N4O/c1-19-7-3-16(4-8-19)5-10-21-11-13-22(14-12-21)17-6-9-20(2)15-18(17)23/h16-17H,3-15H2,1-2H3. The van der Waals surface area contributed by atoms with Crippen molar-refractivity contribution < 1.29 is 4.79 Å². The number of nitrogens with zero attached hydrogens (tertiary/aromatic N) is 4. The van der Waals surface area contributed by atoms with E-state index >= 15 is 0 Å². The molecule has 0 spiro atoms. The number of hydrogen-bond donors (Lipinski definition) is 0. The normalized spacial score (nSPS) is 30.9. The van der Waals surface area contributed by atoms with Gasteiger partial charge < -0.3 is 9.80 Å². The first kappa shape index (κ1) is 17.3. The lowest BCUT2D eigenvalue weighted by atomic mass is 9.93. The van der Waals surface area contributed by atoms with Gasteiger partial charge in [0.1, 0.15) is 0 Å². The monoisotopic (exact) mass is 322 g/mol. The first-order chi connectivity index (χ1) is 11.1. The van der Waals surface area contributed by atoms with Crippen molar-refractivity contribution in [1.82, 2.24) is 19.6 Å². The van der Waals surface area contributed by atoms with Crippen LogP contribution < -0.4 is 0 Å². The SMILES string of the molecule is CN1CCC(CCN2CCN(C3CCN(C)CC3=O)CC2)CC1. The van der Waals surface area contributed by atoms with Crippen molar-refractivity contribution in [3.05, 3.63) is 0 Å². The molecule has 0 aromatic heterocycles. The molecule has 0 aromatic rings. The van der Waals surface area contributed by atoms with E-state index < -0.39 is 0 Å². The van der Waals surface area contributed by atoms with Gasteiger partial charge in [-0.25, -0.2) is 0 Å². The smallest absolute Gasteiger partial charge is 0.163 e. The Kier molecular flexibility index (Phi) is 6.07. The van der Waals surface area contributed by atoms with E-state index in [1.54, 1.807) is 0 Å². The molecule has 1 unspecified atom stereocenters. The van der Waals surface area contributed by atoms with E-state index in [1.807, 2.05) is 0 Å². The molecule has 0 saturated carbocycles. The second kappa shape index (κ2) is 8.06. The summed E-state index contributed by atoms with van der Waals surface area (Å²) < 4.78 is 0. The Morgan fingerprint density at radius 3 is 2.17 bits per heavy atom. The minimum atomic E-state index is 0.197. The van der Waals surface area contributed by atoms with Gasteiger partial charge in [-0.3, -0.25) is 14.6 Å². The maximum Gasteiger partial charge on any atom is 0.163 e. The molecule has 3 aliphatic heterocycles. The molecular formula is C18H34N4O. The largest absolute Gasteiger partial charge is 0.306 e. The molecule has 3 rings (SSSR count). The van der Waals surface area contributed by atoms with Crippen LogP contribution in [0.15, 0.2) is 0 Å². The van der Waals surface area contributed by atoms with Crippen LogP contribution in [0.25, 0.3) is 0 Å². The van der Waals surface area contributed by atoms with E-state index in [2.05, 4.69) is 33.7 Å². The van der Waals surface area contributed by atoms with Gasteiger partial charge in [-0.2, -0.15) is 0 Å². The van der Waals surface area contributed by atoms with E-state index in [9.17, 15) is 4.79 Å². The van der Waals surface area contributed by atoms with Gasteiger partial charge in [-0.15, -0.1) is 0 Å². The number of Topliss-reactive ketones (excluding diaryl/α,β-unsaturated/α-hetero) is 1. The summed E-state index contributed by atoms with van der Waals surface area (Å²) in [6.45, 7) is 9.95. The number of ketones is 1. The molecule has 1 atom stereocenters. The molecule has 0 aromatic carbocycles. The summed E-state index contributed by atoms with van der Waals surface area (Å²) in [5.41, 5.74) is 0. The lowest BCUT2D eigenvalue weighted by Crippen LogP contribution is -2.56. The van der Waals surface area contributed by atoms with Gasteiger partial charge in [0.2, 0.25) is 0 Å². The molecular weight excluding hydrogens is 288 g/mol. The number of carbonyl (C=O) groups is 1. The summed E-state index contributed by atoms with van der Waals surface area (Å²) in [7, 11) is 4.29. The number of carbonyl (C=O) groups excluding carboxylic acids is 1. The van der Waals surface area contributed by atoms with Gasteiger partial charge in [0.25, 0.3) is 0 Å². The number of piperazine rings is 1. The molecule has 0 aliphatic carbocycles. The number of rotatable bonds is 4. The fourth-order valence-corrected chi connectivity index (χ4v) is 4.35. The van der Waals surface area contributed by atoms with Crippen LogP contribution in [0.2, 0.25) is 0 Å². The maximum atomic E-state index is 12.2. The lowest BCUT2D eigenvalue weighted by molar-refractivity contribution is -0.128. The first-order valence-corrected chi connectivity index (χ1v) is 9.48. The summed E-state index contributed by atoms with van der Waals surface area (Å²) in [4.78, 5) is 21.9. The van der Waals surface area contributed by atoms with Crippen LogP contribution in [0.3, 0.4) is 0 Å². The van der Waals surface area contributed by atoms with Gasteiger partial charge >= 0.3 is 0 Å². The molecule has 5 nitrogen and oxygen atoms in total. The Bertz CT molecular complexity index is 386. The van der Waals surface area contributed by atoms with Gasteiger partial charge in [-0.05, 0) is 65.3 Å². The average molecular weight is 322 g/mol. The molecule has 5 heteroatoms. The van der Waals surface area contributed by atoms with E-state index in [0.29, 0.717) is 12.3 Å². The summed E-state index contributed by atoms with van der Waals surface area (Å²) >= 11 is 0. The van der Waals surface area contributed by atoms with Crippen LogP contribution in [0.1, 0.15) is 25.7 Å². The molecule has 23 heavy (non-hydrogen) atoms. The number of hydrogen-bond acceptors (Lipinski definition) is 5. The maximum absolute atomic E-state index is 12.2. The van der Waals surface area contributed by atoms with Crippen molar-refractivity contribution in [3.8, 4) is 0 Å². The quantitative estimate of drug-likeness (QED) is 0.757. The van der Waals surface area contributed by atoms with Gasteiger partial charge in [-0.1, -0.05) is 0 Å². The molecule has 3 fully saturated rings. The summed E-state index contributed by atoms with van der Waals surface area (Å²) in [6.07, 6.45) is 5.13. The number of piperidine rings is 2. The Labute approximate surface area is 141 Å². The third-order valence-corrected chi connectivity index (χ3v) is 6.12. The van der Waals surface area contributed by atoms with Crippen LogP contribution >= 0.6 is 0 Å². The number of likely N-dealkylation sites (N-methyl/N-ethyl adjacent to an activating group) is 1. The van der Waals surface area contributed by atoms with Gasteiger partial charge in [0, 0.05) is 32.7 Å². The minimum absolute atomic E-state index is 0.197. The molecule has 0 bridgehead atoms. The zero-order valence-corrected chi connectivity index (χ0v) is 15.0. The molecule has 0 N–H and O–H groups in total. The van der Waals surface area contributed by atoms with Crippen molar-refractivity contribution in [1.29, 1.82) is 0 Å². The highest BCUT2D eigenvalue weighted by Gasteiger charge is 2.32. The van der Waals surface area contributed by atoms with Gasteiger partial charge in [0.05, 0.1) is 12.6 Å². The topological polar surface area (TPSA) is 30.0 Å². The van der Waals surface area contributed by atoms with E-state index in [0.717, 1.165) is 45.1 Å². The van der Waals surface area contributed by atoms with Crippen LogP contribution in [-0.4, -0.2) is 104 Å². The predicted molar refractivity (Wildman–Crippen MR) is 93.8 cm³/mol. The van der Waals surface area contributed by atoms with Crippen LogP contribution in [-0.2, 0) is 4.79 Å². The minimum Gasteiger partial charge on any atom is -0.306 e. The highest BCUT2D eigenvalue weighted by molar-refractivity contribution is 5.86. The van der Waals surface area contributed by atoms with Crippen LogP contribution in [0.5, 0.6) is 0 Å². The zero-order valence-electron chi connectivity index (χ0n) is 15.0. The summed E-state index contributed by atoms with van der Waals surface area (Å²) in [5, 5.41) is 0. The highest BCUT2D eigenvalue weighted by atomic mass is 16.1. The Morgan fingerprint density at radius 2 is 1.52 bits per heavy atom. The molecule has 0 amide bonds. The molecule has 132 valence electrons. The van der Waals surface area contributed by atoms with Crippen LogP contribution in [0, 0.1) is 5.92 Å². The second-order valence-electron chi connectivity index (χ2n) is 7.92. The molecule has 0 radical (unpaired) electrons. The van der Waals surface area contributed by atoms with Gasteiger partial charge in [0.15, 0.2) is 5.78 Å². The predicted octanol–water partition coefficient (Wildman–Crippen LogP) is 0.609.